The van der Waals surface area contributed by atoms with Gasteiger partial charge in [0.05, 0.1) is 17.9 Å². The monoisotopic (exact) mass is 590 g/mol. The molecule has 0 radical (unpaired) electrons. The Morgan fingerprint density at radius 3 is 0.784 bits per heavy atom. The molecule has 37 heavy (non-hydrogen) atoms. The molecule has 0 bridgehead atoms. The van der Waals surface area contributed by atoms with Crippen molar-refractivity contribution in [3.8, 4) is 0 Å². The number of carboxylic acids is 3. The minimum Gasteiger partial charge on any atom is -0.545 e. The van der Waals surface area contributed by atoms with Crippen LogP contribution in [0.1, 0.15) is 101 Å². The van der Waals surface area contributed by atoms with Crippen molar-refractivity contribution >= 4 is 17.9 Å². The second kappa shape index (κ2) is 27.0. The van der Waals surface area contributed by atoms with E-state index in [0.29, 0.717) is 0 Å². The van der Waals surface area contributed by atoms with Gasteiger partial charge in [0.2, 0.25) is 0 Å². The first-order valence-electron chi connectivity index (χ1n) is 12.1. The molecule has 0 aliphatic heterocycles. The first kappa shape index (κ1) is 42.1. The van der Waals surface area contributed by atoms with E-state index in [1.54, 1.807) is 20.8 Å². The molecule has 0 aromatic heterocycles. The summed E-state index contributed by atoms with van der Waals surface area (Å²) in [5, 5.41) is 30.3. The van der Waals surface area contributed by atoms with Crippen LogP contribution in [-0.2, 0) is 47.1 Å². The number of hydrogen-bond acceptors (Lipinski definition) is 6. The molecule has 0 aliphatic carbocycles. The number of aliphatic carboxylic acids is 3. The van der Waals surface area contributed by atoms with Crippen LogP contribution in [0.2, 0.25) is 0 Å². The van der Waals surface area contributed by atoms with Gasteiger partial charge in [0.25, 0.3) is 0 Å². The van der Waals surface area contributed by atoms with Crippen molar-refractivity contribution in [3.63, 3.8) is 0 Å². The van der Waals surface area contributed by atoms with E-state index in [0.717, 1.165) is 73.5 Å². The van der Waals surface area contributed by atoms with Crippen LogP contribution in [0, 0.1) is 0 Å². The number of allylic oxidation sites excluding steroid dienone is 9. The number of hydrogen-bond donors (Lipinski definition) is 0. The minimum absolute atomic E-state index is 0. The van der Waals surface area contributed by atoms with Crippen LogP contribution in [0.4, 0.5) is 0 Å². The molecule has 0 saturated carbocycles. The van der Waals surface area contributed by atoms with Gasteiger partial charge >= 0.3 is 32.7 Å². The van der Waals surface area contributed by atoms with Crippen molar-refractivity contribution < 1.29 is 62.4 Å². The molecule has 0 atom stereocenters. The van der Waals surface area contributed by atoms with Crippen LogP contribution in [0.25, 0.3) is 0 Å². The second-order valence-electron chi connectivity index (χ2n) is 9.39. The molecule has 0 N–H and O–H groups in total. The normalized spacial score (nSPS) is 10.8. The Balaban J connectivity index is -0.000000218. The van der Waals surface area contributed by atoms with Crippen LogP contribution >= 0.6 is 0 Å². The molecule has 0 rings (SSSR count). The summed E-state index contributed by atoms with van der Waals surface area (Å²) in [5.74, 6) is -3.32. The Labute approximate surface area is 249 Å². The van der Waals surface area contributed by atoms with E-state index >= 15 is 0 Å². The topological polar surface area (TPSA) is 120 Å². The van der Waals surface area contributed by atoms with Gasteiger partial charge in [-0.25, -0.2) is 0 Å². The van der Waals surface area contributed by atoms with Gasteiger partial charge in [-0.15, -0.1) is 0 Å². The number of rotatable bonds is 12. The average molecular weight is 591 g/mol. The van der Waals surface area contributed by atoms with Gasteiger partial charge in [-0.2, -0.15) is 0 Å². The minimum atomic E-state index is -1.11. The maximum Gasteiger partial charge on any atom is 3.00 e. The molecule has 204 valence electrons. The molecule has 0 amide bonds. The molecular formula is C30H45O6Y. The fourth-order valence-electron chi connectivity index (χ4n) is 2.59. The zero-order valence-corrected chi connectivity index (χ0v) is 27.1. The summed E-state index contributed by atoms with van der Waals surface area (Å²) in [6.07, 6.45) is 14.8. The molecule has 0 aliphatic rings. The van der Waals surface area contributed by atoms with E-state index in [1.807, 2.05) is 41.5 Å². The van der Waals surface area contributed by atoms with Gasteiger partial charge in [0.15, 0.2) is 0 Å². The number of carbonyl (C=O) groups excluding carboxylic acids is 3. The molecule has 6 nitrogen and oxygen atoms in total. The zero-order valence-electron chi connectivity index (χ0n) is 24.2. The Morgan fingerprint density at radius 2 is 0.649 bits per heavy atom. The summed E-state index contributed by atoms with van der Waals surface area (Å²) < 4.78 is 0. The quantitative estimate of drug-likeness (QED) is 0.247. The Kier molecular flexibility index (Phi) is 30.7. The Morgan fingerprint density at radius 1 is 0.459 bits per heavy atom. The third kappa shape index (κ3) is 44.4. The number of carboxylic acid groups (broad SMARTS) is 3. The maximum atomic E-state index is 10.1. The van der Waals surface area contributed by atoms with Crippen molar-refractivity contribution in [1.29, 1.82) is 0 Å². The van der Waals surface area contributed by atoms with Crippen LogP contribution in [0.3, 0.4) is 0 Å². The molecule has 0 saturated heterocycles. The summed E-state index contributed by atoms with van der Waals surface area (Å²) in [5.41, 5.74) is 6.34. The molecule has 0 heterocycles. The first-order chi connectivity index (χ1) is 16.6. The first-order valence-corrected chi connectivity index (χ1v) is 12.1. The van der Waals surface area contributed by atoms with Gasteiger partial charge in [-0.1, -0.05) is 51.7 Å². The van der Waals surface area contributed by atoms with Gasteiger partial charge < -0.3 is 29.7 Å². The predicted octanol–water partition coefficient (Wildman–Crippen LogP) is 4.28. The second-order valence-corrected chi connectivity index (χ2v) is 9.39. The summed E-state index contributed by atoms with van der Waals surface area (Å²) in [6.45, 7) is 17.6. The number of carbonyl (C=O) groups is 3. The standard InChI is InChI=1S/3C10H16O2.Y/c3*1-8(2)5-4-6-9(3)7-10(11)12;/h3*5,7H,4,6H2,1-3H3,(H,11,12);/q;;;+3/p-3/b3*9-7+;. The SMILES string of the molecule is CC(C)=CCC/C(C)=C/C(=O)[O-].CC(C)=CCC/C(C)=C/C(=O)[O-].CC(C)=CCC/C(C)=C/C(=O)[O-].[Y+3]. The fourth-order valence-corrected chi connectivity index (χ4v) is 2.59. The van der Waals surface area contributed by atoms with E-state index in [1.165, 1.54) is 16.7 Å². The summed E-state index contributed by atoms with van der Waals surface area (Å²) in [4.78, 5) is 30.3. The molecule has 0 unspecified atom stereocenters. The average Bonchev–Trinajstić information content (AvgIpc) is 2.66. The van der Waals surface area contributed by atoms with Gasteiger partial charge in [0, 0.05) is 0 Å². The summed E-state index contributed by atoms with van der Waals surface area (Å²) >= 11 is 0. The van der Waals surface area contributed by atoms with Gasteiger partial charge in [-0.3, -0.25) is 0 Å². The van der Waals surface area contributed by atoms with Crippen LogP contribution in [-0.4, -0.2) is 17.9 Å². The fraction of sp³-hybridized carbons (Fsp3) is 0.500. The Hall–Kier alpha value is -2.05. The van der Waals surface area contributed by atoms with E-state index in [4.69, 9.17) is 0 Å². The summed E-state index contributed by atoms with van der Waals surface area (Å²) in [7, 11) is 0. The van der Waals surface area contributed by atoms with Crippen LogP contribution in [0.15, 0.2) is 69.9 Å². The molecular weight excluding hydrogens is 545 g/mol. The van der Waals surface area contributed by atoms with Gasteiger partial charge in [-0.05, 0) is 119 Å². The maximum absolute atomic E-state index is 10.1. The molecule has 0 aromatic carbocycles. The molecule has 0 aromatic rings. The zero-order chi connectivity index (χ0) is 28.7. The molecule has 0 spiro atoms. The van der Waals surface area contributed by atoms with Crippen molar-refractivity contribution in [2.75, 3.05) is 0 Å². The van der Waals surface area contributed by atoms with Crippen molar-refractivity contribution in [3.05, 3.63) is 69.9 Å². The largest absolute Gasteiger partial charge is 3.00 e. The smallest absolute Gasteiger partial charge is 0.545 e. The van der Waals surface area contributed by atoms with E-state index in [9.17, 15) is 29.7 Å². The Bertz CT molecular complexity index is 744. The third-order valence-corrected chi connectivity index (χ3v) is 4.37. The van der Waals surface area contributed by atoms with Crippen molar-refractivity contribution in [2.45, 2.75) is 101 Å². The van der Waals surface area contributed by atoms with Crippen LogP contribution in [0.5, 0.6) is 0 Å². The van der Waals surface area contributed by atoms with Gasteiger partial charge in [0.1, 0.15) is 0 Å². The van der Waals surface area contributed by atoms with E-state index in [2.05, 4.69) is 18.2 Å². The van der Waals surface area contributed by atoms with Crippen molar-refractivity contribution in [1.82, 2.24) is 0 Å². The third-order valence-electron chi connectivity index (χ3n) is 4.37. The summed E-state index contributed by atoms with van der Waals surface area (Å²) in [6, 6.07) is 0. The van der Waals surface area contributed by atoms with E-state index in [-0.39, 0.29) is 32.7 Å². The predicted molar refractivity (Wildman–Crippen MR) is 142 cm³/mol. The molecule has 7 heteroatoms. The molecule has 0 fully saturated rings. The van der Waals surface area contributed by atoms with Crippen LogP contribution < -0.4 is 15.3 Å². The van der Waals surface area contributed by atoms with E-state index < -0.39 is 17.9 Å². The van der Waals surface area contributed by atoms with Crippen molar-refractivity contribution in [2.24, 2.45) is 0 Å².